The maximum Gasteiger partial charge on any atom is 0.263 e. The summed E-state index contributed by atoms with van der Waals surface area (Å²) in [7, 11) is 0. The lowest BCUT2D eigenvalue weighted by Gasteiger charge is -2.35. The topological polar surface area (TPSA) is 32.8 Å². The number of hydrogen-bond donors (Lipinski definition) is 0. The fraction of sp³-hybridized carbons (Fsp3) is 0.348. The van der Waals surface area contributed by atoms with Crippen molar-refractivity contribution >= 4 is 12.0 Å². The zero-order valence-electron chi connectivity index (χ0n) is 16.2. The number of amides is 1. The molecule has 2 aromatic rings. The van der Waals surface area contributed by atoms with Gasteiger partial charge in [0.25, 0.3) is 5.91 Å². The van der Waals surface area contributed by atoms with Crippen molar-refractivity contribution in [3.8, 4) is 5.75 Å². The van der Waals surface area contributed by atoms with Gasteiger partial charge in [0.1, 0.15) is 5.75 Å². The first-order valence-electron chi connectivity index (χ1n) is 9.58. The highest BCUT2D eigenvalue weighted by Gasteiger charge is 2.25. The summed E-state index contributed by atoms with van der Waals surface area (Å²) < 4.78 is 5.81. The molecule has 4 nitrogen and oxygen atoms in total. The molecule has 1 aliphatic heterocycles. The largest absolute Gasteiger partial charge is 0.481 e. The lowest BCUT2D eigenvalue weighted by atomic mass is 10.2. The lowest BCUT2D eigenvalue weighted by molar-refractivity contribution is -0.139. The summed E-state index contributed by atoms with van der Waals surface area (Å²) in [5.41, 5.74) is 2.40. The minimum atomic E-state index is -0.461. The van der Waals surface area contributed by atoms with Gasteiger partial charge < -0.3 is 9.64 Å². The summed E-state index contributed by atoms with van der Waals surface area (Å²) in [6.45, 7) is 8.06. The number of aryl methyl sites for hydroxylation is 1. The van der Waals surface area contributed by atoms with E-state index in [0.717, 1.165) is 38.5 Å². The van der Waals surface area contributed by atoms with Crippen LogP contribution < -0.4 is 4.74 Å². The Kier molecular flexibility index (Phi) is 6.66. The van der Waals surface area contributed by atoms with Crippen molar-refractivity contribution in [2.24, 2.45) is 0 Å². The number of ether oxygens (including phenoxy) is 1. The number of carbonyl (C=O) groups excluding carboxylic acids is 1. The van der Waals surface area contributed by atoms with Crippen molar-refractivity contribution in [2.75, 3.05) is 32.7 Å². The highest BCUT2D eigenvalue weighted by Crippen LogP contribution is 2.15. The second-order valence-corrected chi connectivity index (χ2v) is 7.01. The van der Waals surface area contributed by atoms with E-state index >= 15 is 0 Å². The summed E-state index contributed by atoms with van der Waals surface area (Å²) in [5, 5.41) is 0. The molecule has 4 heteroatoms. The van der Waals surface area contributed by atoms with Gasteiger partial charge in [-0.3, -0.25) is 9.69 Å². The highest BCUT2D eigenvalue weighted by atomic mass is 16.5. The monoisotopic (exact) mass is 364 g/mol. The first-order valence-corrected chi connectivity index (χ1v) is 9.58. The summed E-state index contributed by atoms with van der Waals surface area (Å²) >= 11 is 0. The molecule has 1 aliphatic rings. The molecule has 2 aromatic carbocycles. The maximum absolute atomic E-state index is 12.6. The van der Waals surface area contributed by atoms with Gasteiger partial charge in [0.15, 0.2) is 6.10 Å². The van der Waals surface area contributed by atoms with Crippen LogP contribution in [0.2, 0.25) is 0 Å². The van der Waals surface area contributed by atoms with E-state index in [1.165, 1.54) is 11.1 Å². The smallest absolute Gasteiger partial charge is 0.263 e. The third kappa shape index (κ3) is 5.69. The SMILES string of the molecule is Cc1ccc(OC(C)C(=O)N2CCN(C/C=C/c3ccccc3)CC2)cc1. The second kappa shape index (κ2) is 9.38. The first kappa shape index (κ1) is 19.2. The summed E-state index contributed by atoms with van der Waals surface area (Å²) in [6.07, 6.45) is 3.88. The van der Waals surface area contributed by atoms with Crippen LogP contribution in [0.4, 0.5) is 0 Å². The standard InChI is InChI=1S/C23H28N2O2/c1-19-10-12-22(13-11-19)27-20(2)23(26)25-17-15-24(16-18-25)14-6-9-21-7-4-3-5-8-21/h3-13,20H,14-18H2,1-2H3/b9-6+. The molecule has 1 heterocycles. The fourth-order valence-corrected chi connectivity index (χ4v) is 3.18. The van der Waals surface area contributed by atoms with Gasteiger partial charge in [-0.25, -0.2) is 0 Å². The van der Waals surface area contributed by atoms with Crippen LogP contribution in [0.5, 0.6) is 5.75 Å². The van der Waals surface area contributed by atoms with E-state index < -0.39 is 6.10 Å². The molecule has 142 valence electrons. The lowest BCUT2D eigenvalue weighted by Crippen LogP contribution is -2.51. The van der Waals surface area contributed by atoms with Crippen molar-refractivity contribution in [3.05, 3.63) is 71.8 Å². The van der Waals surface area contributed by atoms with Crippen molar-refractivity contribution in [1.29, 1.82) is 0 Å². The highest BCUT2D eigenvalue weighted by molar-refractivity contribution is 5.81. The summed E-state index contributed by atoms with van der Waals surface area (Å²) in [6, 6.07) is 18.1. The number of carbonyl (C=O) groups is 1. The van der Waals surface area contributed by atoms with Crippen molar-refractivity contribution in [1.82, 2.24) is 9.80 Å². The Bertz CT molecular complexity index is 748. The van der Waals surface area contributed by atoms with Crippen LogP contribution in [-0.2, 0) is 4.79 Å². The quantitative estimate of drug-likeness (QED) is 0.785. The van der Waals surface area contributed by atoms with Crippen molar-refractivity contribution < 1.29 is 9.53 Å². The van der Waals surface area contributed by atoms with Crippen LogP contribution in [0, 0.1) is 6.92 Å². The predicted octanol–water partition coefficient (Wildman–Crippen LogP) is 3.62. The van der Waals surface area contributed by atoms with Gasteiger partial charge >= 0.3 is 0 Å². The molecule has 0 bridgehead atoms. The van der Waals surface area contributed by atoms with E-state index in [-0.39, 0.29) is 5.91 Å². The average Bonchev–Trinajstić information content (AvgIpc) is 2.70. The Balaban J connectivity index is 1.43. The predicted molar refractivity (Wildman–Crippen MR) is 110 cm³/mol. The van der Waals surface area contributed by atoms with E-state index in [2.05, 4.69) is 29.2 Å². The molecule has 1 amide bonds. The number of hydrogen-bond acceptors (Lipinski definition) is 3. The van der Waals surface area contributed by atoms with Gasteiger partial charge in [-0.15, -0.1) is 0 Å². The Morgan fingerprint density at radius 1 is 1.04 bits per heavy atom. The van der Waals surface area contributed by atoms with Crippen LogP contribution in [0.1, 0.15) is 18.1 Å². The maximum atomic E-state index is 12.6. The van der Waals surface area contributed by atoms with Crippen LogP contribution in [0.15, 0.2) is 60.7 Å². The zero-order valence-corrected chi connectivity index (χ0v) is 16.2. The molecule has 0 saturated carbocycles. The molecule has 1 fully saturated rings. The molecule has 0 N–H and O–H groups in total. The van der Waals surface area contributed by atoms with E-state index in [4.69, 9.17) is 4.74 Å². The summed E-state index contributed by atoms with van der Waals surface area (Å²) in [5.74, 6) is 0.807. The molecule has 0 radical (unpaired) electrons. The van der Waals surface area contributed by atoms with Gasteiger partial charge in [-0.2, -0.15) is 0 Å². The van der Waals surface area contributed by atoms with Crippen molar-refractivity contribution in [3.63, 3.8) is 0 Å². The number of nitrogens with zero attached hydrogens (tertiary/aromatic N) is 2. The van der Waals surface area contributed by atoms with Crippen molar-refractivity contribution in [2.45, 2.75) is 20.0 Å². The Hall–Kier alpha value is -2.59. The van der Waals surface area contributed by atoms with E-state index in [0.29, 0.717) is 0 Å². The summed E-state index contributed by atoms with van der Waals surface area (Å²) in [4.78, 5) is 16.9. The molecule has 1 saturated heterocycles. The Morgan fingerprint density at radius 3 is 2.37 bits per heavy atom. The van der Waals surface area contributed by atoms with Crippen LogP contribution in [0.25, 0.3) is 6.08 Å². The van der Waals surface area contributed by atoms with Gasteiger partial charge in [-0.05, 0) is 31.5 Å². The molecule has 0 spiro atoms. The van der Waals surface area contributed by atoms with E-state index in [1.54, 1.807) is 0 Å². The Morgan fingerprint density at radius 2 is 1.70 bits per heavy atom. The molecule has 1 atom stereocenters. The van der Waals surface area contributed by atoms with E-state index in [9.17, 15) is 4.79 Å². The molecule has 0 aliphatic carbocycles. The minimum absolute atomic E-state index is 0.0649. The van der Waals surface area contributed by atoms with Crippen LogP contribution >= 0.6 is 0 Å². The van der Waals surface area contributed by atoms with Gasteiger partial charge in [-0.1, -0.05) is 60.2 Å². The van der Waals surface area contributed by atoms with Gasteiger partial charge in [0, 0.05) is 32.7 Å². The molecule has 3 rings (SSSR count). The van der Waals surface area contributed by atoms with E-state index in [1.807, 2.05) is 61.2 Å². The Labute approximate surface area is 162 Å². The van der Waals surface area contributed by atoms with Crippen LogP contribution in [0.3, 0.4) is 0 Å². The normalized spacial score (nSPS) is 16.4. The molecule has 27 heavy (non-hydrogen) atoms. The molecule has 0 aromatic heterocycles. The number of benzene rings is 2. The molecule has 1 unspecified atom stereocenters. The second-order valence-electron chi connectivity index (χ2n) is 7.01. The fourth-order valence-electron chi connectivity index (χ4n) is 3.18. The van der Waals surface area contributed by atoms with Gasteiger partial charge in [0.05, 0.1) is 0 Å². The first-order chi connectivity index (χ1) is 13.1. The third-order valence-corrected chi connectivity index (χ3v) is 4.84. The molecular formula is C23H28N2O2. The average molecular weight is 364 g/mol. The zero-order chi connectivity index (χ0) is 19.1. The third-order valence-electron chi connectivity index (χ3n) is 4.84. The minimum Gasteiger partial charge on any atom is -0.481 e. The van der Waals surface area contributed by atoms with Crippen LogP contribution in [-0.4, -0.2) is 54.5 Å². The number of piperazine rings is 1. The molecular weight excluding hydrogens is 336 g/mol. The number of rotatable bonds is 6. The van der Waals surface area contributed by atoms with Gasteiger partial charge in [0.2, 0.25) is 0 Å².